The van der Waals surface area contributed by atoms with Crippen LogP contribution in [-0.2, 0) is 9.53 Å². The molecule has 1 N–H and O–H groups in total. The third-order valence-corrected chi connectivity index (χ3v) is 5.68. The van der Waals surface area contributed by atoms with Crippen LogP contribution in [0.1, 0.15) is 26.2 Å². The van der Waals surface area contributed by atoms with E-state index in [-0.39, 0.29) is 5.22 Å². The first-order chi connectivity index (χ1) is 6.98. The smallest absolute Gasteiger partial charge is 0.331 e. The molecule has 1 aliphatic heterocycles. The Bertz CT molecular complexity index is 265. The van der Waals surface area contributed by atoms with Crippen LogP contribution in [-0.4, -0.2) is 31.7 Å². The van der Waals surface area contributed by atoms with Crippen LogP contribution in [0.5, 0.6) is 0 Å². The summed E-state index contributed by atoms with van der Waals surface area (Å²) in [7, 11) is -1.05. The summed E-state index contributed by atoms with van der Waals surface area (Å²) < 4.78 is 5.87. The van der Waals surface area contributed by atoms with Crippen LogP contribution in [0.2, 0.25) is 13.1 Å². The van der Waals surface area contributed by atoms with Crippen LogP contribution in [0, 0.1) is 0 Å². The van der Waals surface area contributed by atoms with Gasteiger partial charge in [-0.05, 0) is 32.3 Å². The van der Waals surface area contributed by atoms with Gasteiger partial charge in [0.05, 0.1) is 14.0 Å². The summed E-state index contributed by atoms with van der Waals surface area (Å²) in [6, 6.07) is 0. The summed E-state index contributed by atoms with van der Waals surface area (Å²) in [6.07, 6.45) is 5.09. The Morgan fingerprint density at radius 3 is 2.53 bits per heavy atom. The van der Waals surface area contributed by atoms with Crippen molar-refractivity contribution in [2.24, 2.45) is 0 Å². The van der Waals surface area contributed by atoms with E-state index in [0.717, 1.165) is 25.9 Å². The molecule has 1 fully saturated rings. The number of rotatable bonds is 3. The van der Waals surface area contributed by atoms with Crippen LogP contribution in [0.4, 0.5) is 0 Å². The van der Waals surface area contributed by atoms with Crippen molar-refractivity contribution in [2.45, 2.75) is 44.5 Å². The SMILES string of the molecule is CC(=CC1([SiH](C)C)CCCCO1)C(=O)O. The molecule has 1 aliphatic rings. The Balaban J connectivity index is 2.90. The maximum absolute atomic E-state index is 10.8. The molecule has 0 bridgehead atoms. The van der Waals surface area contributed by atoms with Gasteiger partial charge in [0.25, 0.3) is 0 Å². The predicted molar refractivity (Wildman–Crippen MR) is 62.8 cm³/mol. The van der Waals surface area contributed by atoms with E-state index in [9.17, 15) is 4.79 Å². The summed E-state index contributed by atoms with van der Waals surface area (Å²) in [5.41, 5.74) is 0.415. The molecule has 0 aliphatic carbocycles. The van der Waals surface area contributed by atoms with Crippen LogP contribution in [0.15, 0.2) is 11.6 Å². The standard InChI is InChI=1S/C11H20O3Si/c1-9(10(12)13)8-11(15(2)3)6-4-5-7-14-11/h8,15H,4-7H2,1-3H3,(H,12,13). The Morgan fingerprint density at radius 1 is 1.47 bits per heavy atom. The van der Waals surface area contributed by atoms with Crippen LogP contribution >= 0.6 is 0 Å². The molecule has 15 heavy (non-hydrogen) atoms. The van der Waals surface area contributed by atoms with E-state index in [2.05, 4.69) is 13.1 Å². The normalized spacial score (nSPS) is 28.1. The van der Waals surface area contributed by atoms with Gasteiger partial charge in [-0.2, -0.15) is 0 Å². The first-order valence-corrected chi connectivity index (χ1v) is 8.43. The Kier molecular flexibility index (Phi) is 4.10. The van der Waals surface area contributed by atoms with E-state index < -0.39 is 14.8 Å². The van der Waals surface area contributed by atoms with Crippen molar-refractivity contribution in [3.05, 3.63) is 11.6 Å². The number of hydrogen-bond donors (Lipinski definition) is 1. The number of carboxylic acid groups (broad SMARTS) is 1. The summed E-state index contributed by atoms with van der Waals surface area (Å²) in [5.74, 6) is -0.835. The lowest BCUT2D eigenvalue weighted by molar-refractivity contribution is -0.132. The molecule has 0 aromatic carbocycles. The van der Waals surface area contributed by atoms with E-state index >= 15 is 0 Å². The van der Waals surface area contributed by atoms with Crippen molar-refractivity contribution in [1.29, 1.82) is 0 Å². The predicted octanol–water partition coefficient (Wildman–Crippen LogP) is 1.98. The van der Waals surface area contributed by atoms with Gasteiger partial charge in [-0.15, -0.1) is 0 Å². The number of ether oxygens (including phenoxy) is 1. The lowest BCUT2D eigenvalue weighted by Crippen LogP contribution is -2.46. The minimum atomic E-state index is -1.05. The zero-order valence-corrected chi connectivity index (χ0v) is 10.9. The van der Waals surface area contributed by atoms with Crippen molar-refractivity contribution in [3.63, 3.8) is 0 Å². The van der Waals surface area contributed by atoms with E-state index in [0.29, 0.717) is 5.57 Å². The lowest BCUT2D eigenvalue weighted by atomic mass is 10.1. The van der Waals surface area contributed by atoms with Gasteiger partial charge in [0.2, 0.25) is 0 Å². The summed E-state index contributed by atoms with van der Waals surface area (Å²) >= 11 is 0. The molecular formula is C11H20O3Si. The number of carboxylic acids is 1. The lowest BCUT2D eigenvalue weighted by Gasteiger charge is -2.38. The molecule has 3 nitrogen and oxygen atoms in total. The molecular weight excluding hydrogens is 208 g/mol. The second-order valence-corrected chi connectivity index (χ2v) is 7.83. The molecule has 0 radical (unpaired) electrons. The molecule has 1 saturated heterocycles. The third-order valence-electron chi connectivity index (χ3n) is 3.11. The van der Waals surface area contributed by atoms with Gasteiger partial charge in [0.1, 0.15) is 0 Å². The molecule has 1 atom stereocenters. The molecule has 0 aromatic rings. The van der Waals surface area contributed by atoms with E-state index in [1.165, 1.54) is 0 Å². The molecule has 1 rings (SSSR count). The summed E-state index contributed by atoms with van der Waals surface area (Å²) in [5, 5.41) is 8.68. The molecule has 86 valence electrons. The van der Waals surface area contributed by atoms with Gasteiger partial charge in [0, 0.05) is 12.2 Å². The molecule has 4 heteroatoms. The second-order valence-electron chi connectivity index (χ2n) is 4.55. The van der Waals surface area contributed by atoms with Crippen molar-refractivity contribution in [1.82, 2.24) is 0 Å². The highest BCUT2D eigenvalue weighted by Gasteiger charge is 2.35. The van der Waals surface area contributed by atoms with Gasteiger partial charge in [-0.1, -0.05) is 13.1 Å². The maximum atomic E-state index is 10.8. The molecule has 1 heterocycles. The Labute approximate surface area is 92.7 Å². The molecule has 0 amide bonds. The fraction of sp³-hybridized carbons (Fsp3) is 0.727. The number of carbonyl (C=O) groups is 1. The zero-order chi connectivity index (χ0) is 11.5. The van der Waals surface area contributed by atoms with Gasteiger partial charge < -0.3 is 9.84 Å². The van der Waals surface area contributed by atoms with Gasteiger partial charge in [0.15, 0.2) is 0 Å². The zero-order valence-electron chi connectivity index (χ0n) is 9.75. The fourth-order valence-electron chi connectivity index (χ4n) is 2.00. The number of aliphatic carboxylic acids is 1. The summed E-state index contributed by atoms with van der Waals surface area (Å²) in [6.45, 7) is 6.86. The summed E-state index contributed by atoms with van der Waals surface area (Å²) in [4.78, 5) is 10.8. The van der Waals surface area contributed by atoms with Crippen molar-refractivity contribution < 1.29 is 14.6 Å². The topological polar surface area (TPSA) is 46.5 Å². The minimum Gasteiger partial charge on any atom is -0.478 e. The third kappa shape index (κ3) is 2.92. The van der Waals surface area contributed by atoms with Crippen molar-refractivity contribution in [2.75, 3.05) is 6.61 Å². The highest BCUT2D eigenvalue weighted by atomic mass is 28.3. The number of hydrogen-bond acceptors (Lipinski definition) is 2. The van der Waals surface area contributed by atoms with Gasteiger partial charge >= 0.3 is 5.97 Å². The molecule has 0 saturated carbocycles. The van der Waals surface area contributed by atoms with Crippen molar-refractivity contribution >= 4 is 14.8 Å². The quantitative estimate of drug-likeness (QED) is 0.593. The Hall–Kier alpha value is -0.613. The highest BCUT2D eigenvalue weighted by Crippen LogP contribution is 2.30. The van der Waals surface area contributed by atoms with Crippen LogP contribution in [0.3, 0.4) is 0 Å². The van der Waals surface area contributed by atoms with E-state index in [1.807, 2.05) is 6.08 Å². The largest absolute Gasteiger partial charge is 0.478 e. The fourth-order valence-corrected chi connectivity index (χ4v) is 3.82. The maximum Gasteiger partial charge on any atom is 0.331 e. The average Bonchev–Trinajstić information content (AvgIpc) is 2.18. The van der Waals surface area contributed by atoms with Crippen LogP contribution in [0.25, 0.3) is 0 Å². The first-order valence-electron chi connectivity index (χ1n) is 5.54. The van der Waals surface area contributed by atoms with E-state index in [1.54, 1.807) is 6.92 Å². The average molecular weight is 228 g/mol. The minimum absolute atomic E-state index is 0.222. The highest BCUT2D eigenvalue weighted by molar-refractivity contribution is 6.60. The molecule has 0 spiro atoms. The van der Waals surface area contributed by atoms with E-state index in [4.69, 9.17) is 9.84 Å². The molecule has 0 aromatic heterocycles. The second kappa shape index (κ2) is 4.94. The van der Waals surface area contributed by atoms with Crippen molar-refractivity contribution in [3.8, 4) is 0 Å². The van der Waals surface area contributed by atoms with Gasteiger partial charge in [-0.25, -0.2) is 4.79 Å². The van der Waals surface area contributed by atoms with Crippen LogP contribution < -0.4 is 0 Å². The monoisotopic (exact) mass is 228 g/mol. The Morgan fingerprint density at radius 2 is 2.13 bits per heavy atom. The first kappa shape index (κ1) is 12.5. The van der Waals surface area contributed by atoms with Gasteiger partial charge in [-0.3, -0.25) is 0 Å². The molecule has 1 unspecified atom stereocenters.